The highest BCUT2D eigenvalue weighted by molar-refractivity contribution is 5.81. The molecule has 1 aliphatic heterocycles. The standard InChI is InChI=1S/C20H23NO3/c1-15-6-3-10-20(19(15)14-22)24-18-9-5-11-21(13-18)16-7-4-8-17(12-16)23-2/h3-4,6-8,10,12,14,18H,5,9,11,13H2,1-2H3. The average molecular weight is 325 g/mol. The highest BCUT2D eigenvalue weighted by atomic mass is 16.5. The van der Waals surface area contributed by atoms with Crippen LogP contribution in [0.15, 0.2) is 42.5 Å². The molecule has 126 valence electrons. The van der Waals surface area contributed by atoms with Gasteiger partial charge in [-0.15, -0.1) is 0 Å². The van der Waals surface area contributed by atoms with Gasteiger partial charge < -0.3 is 14.4 Å². The van der Waals surface area contributed by atoms with E-state index < -0.39 is 0 Å². The smallest absolute Gasteiger partial charge is 0.154 e. The molecular weight excluding hydrogens is 302 g/mol. The Morgan fingerprint density at radius 1 is 1.21 bits per heavy atom. The Labute approximate surface area is 143 Å². The van der Waals surface area contributed by atoms with Gasteiger partial charge in [0.15, 0.2) is 6.29 Å². The molecular formula is C20H23NO3. The first-order valence-electron chi connectivity index (χ1n) is 8.31. The molecule has 2 aromatic carbocycles. The summed E-state index contributed by atoms with van der Waals surface area (Å²) in [5.41, 5.74) is 2.74. The molecule has 4 heteroatoms. The number of hydrogen-bond acceptors (Lipinski definition) is 4. The van der Waals surface area contributed by atoms with Crippen molar-refractivity contribution in [3.8, 4) is 11.5 Å². The van der Waals surface area contributed by atoms with Crippen LogP contribution in [0.3, 0.4) is 0 Å². The number of aldehydes is 1. The number of benzene rings is 2. The van der Waals surface area contributed by atoms with Gasteiger partial charge in [0.05, 0.1) is 19.2 Å². The third kappa shape index (κ3) is 3.53. The minimum absolute atomic E-state index is 0.0745. The fourth-order valence-electron chi connectivity index (χ4n) is 3.16. The van der Waals surface area contributed by atoms with Crippen molar-refractivity contribution >= 4 is 12.0 Å². The predicted molar refractivity (Wildman–Crippen MR) is 95.4 cm³/mol. The van der Waals surface area contributed by atoms with Crippen molar-refractivity contribution in [3.63, 3.8) is 0 Å². The Morgan fingerprint density at radius 2 is 2.04 bits per heavy atom. The normalized spacial score (nSPS) is 17.4. The summed E-state index contributed by atoms with van der Waals surface area (Å²) in [5, 5.41) is 0. The second kappa shape index (κ2) is 7.39. The number of carbonyl (C=O) groups is 1. The zero-order valence-corrected chi connectivity index (χ0v) is 14.2. The highest BCUT2D eigenvalue weighted by Crippen LogP contribution is 2.27. The highest BCUT2D eigenvalue weighted by Gasteiger charge is 2.23. The fraction of sp³-hybridized carbons (Fsp3) is 0.350. The Morgan fingerprint density at radius 3 is 2.83 bits per heavy atom. The summed E-state index contributed by atoms with van der Waals surface area (Å²) in [6, 6.07) is 13.8. The summed E-state index contributed by atoms with van der Waals surface area (Å²) in [7, 11) is 1.68. The van der Waals surface area contributed by atoms with E-state index in [1.165, 1.54) is 0 Å². The summed E-state index contributed by atoms with van der Waals surface area (Å²) in [5.74, 6) is 1.54. The van der Waals surface area contributed by atoms with Crippen molar-refractivity contribution < 1.29 is 14.3 Å². The first-order valence-corrected chi connectivity index (χ1v) is 8.31. The van der Waals surface area contributed by atoms with E-state index in [1.54, 1.807) is 7.11 Å². The summed E-state index contributed by atoms with van der Waals surface area (Å²) in [6.07, 6.45) is 3.01. The molecule has 3 rings (SSSR count). The number of rotatable bonds is 5. The Hall–Kier alpha value is -2.49. The van der Waals surface area contributed by atoms with Gasteiger partial charge in [-0.25, -0.2) is 0 Å². The van der Waals surface area contributed by atoms with Crippen LogP contribution in [0.2, 0.25) is 0 Å². The maximum Gasteiger partial charge on any atom is 0.154 e. The molecule has 2 aromatic rings. The largest absolute Gasteiger partial charge is 0.497 e. The maximum atomic E-state index is 11.3. The topological polar surface area (TPSA) is 38.8 Å². The van der Waals surface area contributed by atoms with E-state index in [1.807, 2.05) is 43.3 Å². The van der Waals surface area contributed by atoms with E-state index in [-0.39, 0.29) is 6.10 Å². The number of nitrogens with zero attached hydrogens (tertiary/aromatic N) is 1. The number of methoxy groups -OCH3 is 1. The molecule has 24 heavy (non-hydrogen) atoms. The van der Waals surface area contributed by atoms with E-state index >= 15 is 0 Å². The van der Waals surface area contributed by atoms with E-state index in [2.05, 4.69) is 11.0 Å². The lowest BCUT2D eigenvalue weighted by molar-refractivity contribution is 0.111. The van der Waals surface area contributed by atoms with E-state index in [0.29, 0.717) is 11.3 Å². The Balaban J connectivity index is 1.74. The zero-order valence-electron chi connectivity index (χ0n) is 14.2. The predicted octanol–water partition coefficient (Wildman–Crippen LogP) is 3.86. The number of piperidine rings is 1. The average Bonchev–Trinajstić information content (AvgIpc) is 2.62. The minimum atomic E-state index is 0.0745. The van der Waals surface area contributed by atoms with Gasteiger partial charge in [-0.05, 0) is 43.5 Å². The molecule has 4 nitrogen and oxygen atoms in total. The molecule has 0 radical (unpaired) electrons. The lowest BCUT2D eigenvalue weighted by atomic mass is 10.1. The maximum absolute atomic E-state index is 11.3. The first kappa shape index (κ1) is 16.4. The molecule has 1 aliphatic rings. The molecule has 1 heterocycles. The molecule has 1 unspecified atom stereocenters. The number of hydrogen-bond donors (Lipinski definition) is 0. The SMILES string of the molecule is COc1cccc(N2CCCC(Oc3cccc(C)c3C=O)C2)c1. The number of carbonyl (C=O) groups excluding carboxylic acids is 1. The van der Waals surface area contributed by atoms with Crippen LogP contribution in [0, 0.1) is 6.92 Å². The molecule has 0 spiro atoms. The third-order valence-electron chi connectivity index (χ3n) is 4.49. The first-order chi connectivity index (χ1) is 11.7. The summed E-state index contributed by atoms with van der Waals surface area (Å²) in [6.45, 7) is 3.74. The van der Waals surface area contributed by atoms with Crippen LogP contribution in [0.25, 0.3) is 0 Å². The van der Waals surface area contributed by atoms with Gasteiger partial charge in [-0.3, -0.25) is 4.79 Å². The molecule has 0 bridgehead atoms. The van der Waals surface area contributed by atoms with Crippen LogP contribution < -0.4 is 14.4 Å². The molecule has 1 saturated heterocycles. The van der Waals surface area contributed by atoms with Crippen LogP contribution in [0.4, 0.5) is 5.69 Å². The van der Waals surface area contributed by atoms with E-state index in [4.69, 9.17) is 9.47 Å². The van der Waals surface area contributed by atoms with Crippen molar-refractivity contribution in [1.82, 2.24) is 0 Å². The molecule has 1 fully saturated rings. The van der Waals surface area contributed by atoms with Gasteiger partial charge in [-0.2, -0.15) is 0 Å². The molecule has 1 atom stereocenters. The van der Waals surface area contributed by atoms with Crippen molar-refractivity contribution in [2.75, 3.05) is 25.1 Å². The molecule has 0 N–H and O–H groups in total. The monoisotopic (exact) mass is 325 g/mol. The third-order valence-corrected chi connectivity index (χ3v) is 4.49. The van der Waals surface area contributed by atoms with E-state index in [0.717, 1.165) is 49.2 Å². The minimum Gasteiger partial charge on any atom is -0.497 e. The van der Waals surface area contributed by atoms with Crippen molar-refractivity contribution in [2.45, 2.75) is 25.9 Å². The molecule has 0 aromatic heterocycles. The number of ether oxygens (including phenoxy) is 2. The number of anilines is 1. The van der Waals surface area contributed by atoms with Crippen LogP contribution in [-0.4, -0.2) is 32.6 Å². The lowest BCUT2D eigenvalue weighted by Crippen LogP contribution is -2.41. The van der Waals surface area contributed by atoms with Gasteiger partial charge in [0, 0.05) is 18.3 Å². The summed E-state index contributed by atoms with van der Waals surface area (Å²) in [4.78, 5) is 13.7. The van der Waals surface area contributed by atoms with Gasteiger partial charge >= 0.3 is 0 Å². The van der Waals surface area contributed by atoms with Crippen LogP contribution in [-0.2, 0) is 0 Å². The van der Waals surface area contributed by atoms with Gasteiger partial charge in [0.1, 0.15) is 17.6 Å². The van der Waals surface area contributed by atoms with Crippen molar-refractivity contribution in [2.24, 2.45) is 0 Å². The Bertz CT molecular complexity index is 714. The van der Waals surface area contributed by atoms with Crippen LogP contribution in [0.1, 0.15) is 28.8 Å². The van der Waals surface area contributed by atoms with Gasteiger partial charge in [-0.1, -0.05) is 18.2 Å². The quantitative estimate of drug-likeness (QED) is 0.783. The summed E-state index contributed by atoms with van der Waals surface area (Å²) < 4.78 is 11.5. The van der Waals surface area contributed by atoms with Gasteiger partial charge in [0.2, 0.25) is 0 Å². The van der Waals surface area contributed by atoms with Crippen LogP contribution in [0.5, 0.6) is 11.5 Å². The van der Waals surface area contributed by atoms with Crippen LogP contribution >= 0.6 is 0 Å². The molecule has 0 amide bonds. The fourth-order valence-corrected chi connectivity index (χ4v) is 3.16. The van der Waals surface area contributed by atoms with Crippen molar-refractivity contribution in [1.29, 1.82) is 0 Å². The number of aryl methyl sites for hydroxylation is 1. The molecule has 0 aliphatic carbocycles. The molecule has 0 saturated carbocycles. The summed E-state index contributed by atoms with van der Waals surface area (Å²) >= 11 is 0. The van der Waals surface area contributed by atoms with E-state index in [9.17, 15) is 4.79 Å². The second-order valence-corrected chi connectivity index (χ2v) is 6.13. The van der Waals surface area contributed by atoms with Gasteiger partial charge in [0.25, 0.3) is 0 Å². The zero-order chi connectivity index (χ0) is 16.9. The second-order valence-electron chi connectivity index (χ2n) is 6.13. The van der Waals surface area contributed by atoms with Crippen molar-refractivity contribution in [3.05, 3.63) is 53.6 Å². The lowest BCUT2D eigenvalue weighted by Gasteiger charge is -2.34. The Kier molecular flexibility index (Phi) is 5.04.